The number of hydrogen-bond donors (Lipinski definition) is 1. The third-order valence-electron chi connectivity index (χ3n) is 3.63. The summed E-state index contributed by atoms with van der Waals surface area (Å²) in [7, 11) is 0. The summed E-state index contributed by atoms with van der Waals surface area (Å²) in [6.07, 6.45) is 5.04. The minimum absolute atomic E-state index is 0.658. The summed E-state index contributed by atoms with van der Waals surface area (Å²) >= 11 is 0. The molecule has 2 atom stereocenters. The molecule has 1 aliphatic heterocycles. The number of hydrogen-bond acceptors (Lipinski definition) is 3. The van der Waals surface area contributed by atoms with Gasteiger partial charge in [-0.2, -0.15) is 0 Å². The Balaban J connectivity index is 1.92. The van der Waals surface area contributed by atoms with E-state index in [0.29, 0.717) is 5.92 Å². The number of likely N-dealkylation sites (tertiary alicyclic amines) is 1. The van der Waals surface area contributed by atoms with E-state index in [1.165, 1.54) is 18.5 Å². The van der Waals surface area contributed by atoms with E-state index in [1.54, 1.807) is 0 Å². The number of nitrogens with two attached hydrogens (primary N) is 1. The number of rotatable bonds is 3. The molecule has 0 saturated carbocycles. The van der Waals surface area contributed by atoms with Crippen LogP contribution in [0.2, 0.25) is 0 Å². The highest BCUT2D eigenvalue weighted by Crippen LogP contribution is 2.23. The topological polar surface area (TPSA) is 42.2 Å². The Morgan fingerprint density at radius 3 is 3.12 bits per heavy atom. The molecule has 88 valence electrons. The fourth-order valence-electron chi connectivity index (χ4n) is 2.43. The Bertz CT molecular complexity index is 312. The first-order valence-corrected chi connectivity index (χ1v) is 6.11. The van der Waals surface area contributed by atoms with Crippen LogP contribution in [0.3, 0.4) is 0 Å². The average Bonchev–Trinajstić information content (AvgIpc) is 2.33. The first-order chi connectivity index (χ1) is 7.79. The van der Waals surface area contributed by atoms with Gasteiger partial charge in [0, 0.05) is 25.5 Å². The largest absolute Gasteiger partial charge is 0.330 e. The lowest BCUT2D eigenvalue weighted by Crippen LogP contribution is -2.42. The maximum Gasteiger partial charge on any atom is 0.0312 e. The van der Waals surface area contributed by atoms with E-state index in [0.717, 1.165) is 25.6 Å². The number of nitrogens with zero attached hydrogens (tertiary/aromatic N) is 2. The first-order valence-electron chi connectivity index (χ1n) is 6.11. The van der Waals surface area contributed by atoms with Gasteiger partial charge in [0.1, 0.15) is 0 Å². The standard InChI is InChI=1S/C13H21N3/c1-11-4-6-16(10-13(11)7-14)9-12-3-2-5-15-8-12/h2-3,5,8,11,13H,4,6-7,9-10,14H2,1H3. The number of pyridine rings is 1. The Hall–Kier alpha value is -0.930. The zero-order valence-electron chi connectivity index (χ0n) is 9.97. The van der Waals surface area contributed by atoms with E-state index in [9.17, 15) is 0 Å². The van der Waals surface area contributed by atoms with E-state index in [-0.39, 0.29) is 0 Å². The van der Waals surface area contributed by atoms with Crippen molar-refractivity contribution in [3.05, 3.63) is 30.1 Å². The summed E-state index contributed by atoms with van der Waals surface area (Å²) in [4.78, 5) is 6.65. The van der Waals surface area contributed by atoms with Gasteiger partial charge in [-0.15, -0.1) is 0 Å². The van der Waals surface area contributed by atoms with Gasteiger partial charge in [-0.1, -0.05) is 13.0 Å². The maximum absolute atomic E-state index is 5.81. The van der Waals surface area contributed by atoms with Gasteiger partial charge in [-0.3, -0.25) is 9.88 Å². The van der Waals surface area contributed by atoms with Gasteiger partial charge in [0.2, 0.25) is 0 Å². The van der Waals surface area contributed by atoms with Gasteiger partial charge in [0.05, 0.1) is 0 Å². The molecular formula is C13H21N3. The monoisotopic (exact) mass is 219 g/mol. The van der Waals surface area contributed by atoms with Crippen LogP contribution in [0.1, 0.15) is 18.9 Å². The summed E-state index contributed by atoms with van der Waals surface area (Å²) in [5.74, 6) is 1.43. The van der Waals surface area contributed by atoms with Crippen LogP contribution in [0.25, 0.3) is 0 Å². The molecule has 3 nitrogen and oxygen atoms in total. The zero-order chi connectivity index (χ0) is 11.4. The Morgan fingerprint density at radius 1 is 1.56 bits per heavy atom. The van der Waals surface area contributed by atoms with Crippen molar-refractivity contribution in [2.45, 2.75) is 19.9 Å². The fraction of sp³-hybridized carbons (Fsp3) is 0.615. The van der Waals surface area contributed by atoms with E-state index >= 15 is 0 Å². The molecular weight excluding hydrogens is 198 g/mol. The van der Waals surface area contributed by atoms with Crippen LogP contribution in [-0.2, 0) is 6.54 Å². The van der Waals surface area contributed by atoms with E-state index in [2.05, 4.69) is 22.9 Å². The van der Waals surface area contributed by atoms with Crippen LogP contribution in [0.4, 0.5) is 0 Å². The van der Waals surface area contributed by atoms with E-state index in [1.807, 2.05) is 18.5 Å². The van der Waals surface area contributed by atoms with Gasteiger partial charge < -0.3 is 5.73 Å². The number of aromatic nitrogens is 1. The Kier molecular flexibility index (Phi) is 3.91. The lowest BCUT2D eigenvalue weighted by Gasteiger charge is -2.36. The van der Waals surface area contributed by atoms with Crippen LogP contribution in [-0.4, -0.2) is 29.5 Å². The van der Waals surface area contributed by atoms with Crippen molar-refractivity contribution in [1.82, 2.24) is 9.88 Å². The van der Waals surface area contributed by atoms with Crippen molar-refractivity contribution in [2.24, 2.45) is 17.6 Å². The van der Waals surface area contributed by atoms with Gasteiger partial charge in [0.25, 0.3) is 0 Å². The minimum Gasteiger partial charge on any atom is -0.330 e. The first kappa shape index (κ1) is 11.6. The third kappa shape index (κ3) is 2.80. The van der Waals surface area contributed by atoms with Gasteiger partial charge >= 0.3 is 0 Å². The second kappa shape index (κ2) is 5.41. The fourth-order valence-corrected chi connectivity index (χ4v) is 2.43. The van der Waals surface area contributed by atoms with Crippen molar-refractivity contribution in [1.29, 1.82) is 0 Å². The summed E-state index contributed by atoms with van der Waals surface area (Å²) in [5.41, 5.74) is 7.11. The number of piperidine rings is 1. The minimum atomic E-state index is 0.658. The van der Waals surface area contributed by atoms with Crippen molar-refractivity contribution in [3.63, 3.8) is 0 Å². The van der Waals surface area contributed by atoms with Crippen molar-refractivity contribution in [3.8, 4) is 0 Å². The van der Waals surface area contributed by atoms with Crippen LogP contribution < -0.4 is 5.73 Å². The maximum atomic E-state index is 5.81. The summed E-state index contributed by atoms with van der Waals surface area (Å²) in [6, 6.07) is 4.14. The molecule has 1 aliphatic rings. The summed E-state index contributed by atoms with van der Waals surface area (Å²) < 4.78 is 0. The highest BCUT2D eigenvalue weighted by Gasteiger charge is 2.24. The molecule has 2 N–H and O–H groups in total. The average molecular weight is 219 g/mol. The second-order valence-corrected chi connectivity index (χ2v) is 4.86. The molecule has 1 fully saturated rings. The van der Waals surface area contributed by atoms with Crippen LogP contribution in [0, 0.1) is 11.8 Å². The zero-order valence-corrected chi connectivity index (χ0v) is 9.97. The predicted octanol–water partition coefficient (Wildman–Crippen LogP) is 1.50. The Morgan fingerprint density at radius 2 is 2.44 bits per heavy atom. The lowest BCUT2D eigenvalue weighted by molar-refractivity contribution is 0.126. The quantitative estimate of drug-likeness (QED) is 0.837. The highest BCUT2D eigenvalue weighted by atomic mass is 15.1. The lowest BCUT2D eigenvalue weighted by atomic mass is 9.87. The van der Waals surface area contributed by atoms with Crippen molar-refractivity contribution < 1.29 is 0 Å². The Labute approximate surface area is 97.7 Å². The van der Waals surface area contributed by atoms with Gasteiger partial charge in [-0.25, -0.2) is 0 Å². The molecule has 1 saturated heterocycles. The molecule has 1 aromatic heterocycles. The van der Waals surface area contributed by atoms with Crippen LogP contribution >= 0.6 is 0 Å². The molecule has 0 amide bonds. The van der Waals surface area contributed by atoms with Crippen molar-refractivity contribution in [2.75, 3.05) is 19.6 Å². The molecule has 0 spiro atoms. The summed E-state index contributed by atoms with van der Waals surface area (Å²) in [5, 5.41) is 0. The second-order valence-electron chi connectivity index (χ2n) is 4.86. The molecule has 2 unspecified atom stereocenters. The molecule has 1 aromatic rings. The molecule has 0 radical (unpaired) electrons. The highest BCUT2D eigenvalue weighted by molar-refractivity contribution is 5.08. The summed E-state index contributed by atoms with van der Waals surface area (Å²) in [6.45, 7) is 6.46. The molecule has 0 aliphatic carbocycles. The molecule has 0 aromatic carbocycles. The molecule has 0 bridgehead atoms. The molecule has 2 rings (SSSR count). The van der Waals surface area contributed by atoms with E-state index in [4.69, 9.17) is 5.73 Å². The molecule has 3 heteroatoms. The SMILES string of the molecule is CC1CCN(Cc2cccnc2)CC1CN. The van der Waals surface area contributed by atoms with Crippen molar-refractivity contribution >= 4 is 0 Å². The smallest absolute Gasteiger partial charge is 0.0312 e. The molecule has 2 heterocycles. The van der Waals surface area contributed by atoms with Gasteiger partial charge in [0.15, 0.2) is 0 Å². The molecule has 16 heavy (non-hydrogen) atoms. The van der Waals surface area contributed by atoms with Crippen LogP contribution in [0.5, 0.6) is 0 Å². The van der Waals surface area contributed by atoms with E-state index < -0.39 is 0 Å². The predicted molar refractivity (Wildman–Crippen MR) is 65.8 cm³/mol. The normalized spacial score (nSPS) is 26.9. The van der Waals surface area contributed by atoms with Gasteiger partial charge in [-0.05, 0) is 43.0 Å². The van der Waals surface area contributed by atoms with Crippen LogP contribution in [0.15, 0.2) is 24.5 Å². The third-order valence-corrected chi connectivity index (χ3v) is 3.63.